The smallest absolute Gasteiger partial charge is 0.251 e. The highest BCUT2D eigenvalue weighted by Gasteiger charge is 2.35. The maximum atomic E-state index is 13.3. The van der Waals surface area contributed by atoms with Crippen molar-refractivity contribution in [2.75, 3.05) is 23.8 Å². The number of amides is 1. The Bertz CT molecular complexity index is 1330. The van der Waals surface area contributed by atoms with Crippen LogP contribution in [0.5, 0.6) is 0 Å². The van der Waals surface area contributed by atoms with Crippen molar-refractivity contribution in [1.82, 2.24) is 9.97 Å². The Labute approximate surface area is 224 Å². The van der Waals surface area contributed by atoms with Gasteiger partial charge in [0.1, 0.15) is 12.4 Å². The molecule has 1 amide bonds. The largest absolute Gasteiger partial charge is 0.367 e. The zero-order chi connectivity index (χ0) is 27.5. The second-order valence-corrected chi connectivity index (χ2v) is 9.69. The molecule has 198 valence electrons. The number of rotatable bonds is 11. The van der Waals surface area contributed by atoms with Crippen LogP contribution in [0.3, 0.4) is 0 Å². The molecule has 38 heavy (non-hydrogen) atoms. The number of nitrogens with zero attached hydrogens (tertiary/aromatic N) is 1. The van der Waals surface area contributed by atoms with E-state index in [4.69, 9.17) is 4.74 Å². The summed E-state index contributed by atoms with van der Waals surface area (Å²) in [7, 11) is 0. The monoisotopic (exact) mass is 512 g/mol. The second kappa shape index (κ2) is 13.4. The van der Waals surface area contributed by atoms with E-state index in [1.54, 1.807) is 30.5 Å². The number of ether oxygens (including phenoxy) is 1. The first-order chi connectivity index (χ1) is 18.3. The first kappa shape index (κ1) is 28.4. The second-order valence-electron chi connectivity index (χ2n) is 9.69. The summed E-state index contributed by atoms with van der Waals surface area (Å²) in [5.74, 6) is 0.175. The first-order valence-corrected chi connectivity index (χ1v) is 12.6. The SMILES string of the molecule is C=C/C=C\C(=C/C)Nc1c(-c2ccnc(NC(=O)COCC=C=C/C=C\C)c2)[nH]c2c1C(=O)CC(C)(C)C2. The highest BCUT2D eigenvalue weighted by molar-refractivity contribution is 6.07. The van der Waals surface area contributed by atoms with E-state index < -0.39 is 0 Å². The third-order valence-electron chi connectivity index (χ3n) is 5.90. The Balaban J connectivity index is 1.87. The number of allylic oxidation sites excluding steroid dienone is 6. The molecule has 2 aromatic heterocycles. The van der Waals surface area contributed by atoms with Gasteiger partial charge in [-0.2, -0.15) is 0 Å². The number of anilines is 2. The van der Waals surface area contributed by atoms with Gasteiger partial charge in [0.25, 0.3) is 5.91 Å². The maximum Gasteiger partial charge on any atom is 0.251 e. The molecular formula is C31H36N4O3. The first-order valence-electron chi connectivity index (χ1n) is 12.6. The minimum absolute atomic E-state index is 0.0961. The van der Waals surface area contributed by atoms with Crippen molar-refractivity contribution in [2.45, 2.75) is 40.5 Å². The Morgan fingerprint density at radius 2 is 2.08 bits per heavy atom. The molecule has 3 rings (SSSR count). The Kier molecular flexibility index (Phi) is 9.99. The summed E-state index contributed by atoms with van der Waals surface area (Å²) in [6, 6.07) is 3.63. The van der Waals surface area contributed by atoms with Crippen LogP contribution in [0.1, 0.15) is 50.2 Å². The van der Waals surface area contributed by atoms with Crippen molar-refractivity contribution < 1.29 is 14.3 Å². The van der Waals surface area contributed by atoms with Gasteiger partial charge >= 0.3 is 0 Å². The summed E-state index contributed by atoms with van der Waals surface area (Å²) in [6.45, 7) is 11.9. The summed E-state index contributed by atoms with van der Waals surface area (Å²) in [4.78, 5) is 33.4. The zero-order valence-corrected chi connectivity index (χ0v) is 22.6. The van der Waals surface area contributed by atoms with Gasteiger partial charge < -0.3 is 20.4 Å². The molecule has 0 atom stereocenters. The number of fused-ring (bicyclic) bond motifs is 1. The number of carbonyl (C=O) groups is 2. The number of pyridine rings is 1. The molecule has 0 aliphatic heterocycles. The lowest BCUT2D eigenvalue weighted by Crippen LogP contribution is -2.26. The van der Waals surface area contributed by atoms with Gasteiger partial charge in [-0.1, -0.05) is 50.8 Å². The van der Waals surface area contributed by atoms with Crippen molar-refractivity contribution in [3.8, 4) is 11.3 Å². The van der Waals surface area contributed by atoms with Crippen LogP contribution < -0.4 is 10.6 Å². The summed E-state index contributed by atoms with van der Waals surface area (Å²) >= 11 is 0. The number of H-pyrrole nitrogens is 1. The van der Waals surface area contributed by atoms with E-state index in [-0.39, 0.29) is 30.3 Å². The maximum absolute atomic E-state index is 13.3. The van der Waals surface area contributed by atoms with Crippen LogP contribution in [0.4, 0.5) is 11.5 Å². The summed E-state index contributed by atoms with van der Waals surface area (Å²) in [6.07, 6.45) is 17.5. The number of Topliss-reactive ketones (excluding diaryl/α,β-unsaturated/α-hetero) is 1. The molecule has 0 saturated heterocycles. The van der Waals surface area contributed by atoms with Crippen molar-refractivity contribution in [3.05, 3.63) is 96.2 Å². The summed E-state index contributed by atoms with van der Waals surface area (Å²) < 4.78 is 5.38. The summed E-state index contributed by atoms with van der Waals surface area (Å²) in [5, 5.41) is 6.22. The molecular weight excluding hydrogens is 476 g/mol. The number of hydrogen-bond acceptors (Lipinski definition) is 5. The number of aromatic amines is 1. The van der Waals surface area contributed by atoms with Gasteiger partial charge in [-0.15, -0.1) is 5.73 Å². The van der Waals surface area contributed by atoms with Crippen molar-refractivity contribution in [3.63, 3.8) is 0 Å². The Morgan fingerprint density at radius 3 is 2.82 bits per heavy atom. The molecule has 3 N–H and O–H groups in total. The van der Waals surface area contributed by atoms with Gasteiger partial charge in [-0.3, -0.25) is 9.59 Å². The fraction of sp³-hybridized carbons (Fsp3) is 0.290. The molecule has 2 aromatic rings. The average Bonchev–Trinajstić information content (AvgIpc) is 3.23. The number of aromatic nitrogens is 2. The molecule has 1 aliphatic carbocycles. The van der Waals surface area contributed by atoms with E-state index in [0.717, 1.165) is 29.1 Å². The van der Waals surface area contributed by atoms with E-state index in [9.17, 15) is 9.59 Å². The standard InChI is InChI=1S/C31H36N4O3/c1-6-9-11-12-13-17-38-21-27(37)35-26-18-22(15-16-32-26)29-30(33-23(8-3)14-10-7-2)28-24(34-29)19-31(4,5)20-25(28)36/h6-11,13-16,18,33-34H,2,17,19-21H2,1,3-5H3,(H,32,35,37)/b9-6-,14-10-,23-8+. The number of carbonyl (C=O) groups excluding carboxylic acids is 2. The number of nitrogens with one attached hydrogen (secondary N) is 3. The normalized spacial score (nSPS) is 14.7. The Hall–Kier alpha value is -4.19. The quantitative estimate of drug-likeness (QED) is 0.181. The van der Waals surface area contributed by atoms with E-state index in [1.165, 1.54) is 0 Å². The van der Waals surface area contributed by atoms with Crippen molar-refractivity contribution >= 4 is 23.2 Å². The van der Waals surface area contributed by atoms with Gasteiger partial charge in [0.2, 0.25) is 0 Å². The van der Waals surface area contributed by atoms with E-state index in [2.05, 4.69) is 46.8 Å². The predicted octanol–water partition coefficient (Wildman–Crippen LogP) is 6.53. The molecule has 0 unspecified atom stereocenters. The lowest BCUT2D eigenvalue weighted by Gasteiger charge is -2.28. The Morgan fingerprint density at radius 1 is 1.26 bits per heavy atom. The third kappa shape index (κ3) is 7.65. The molecule has 7 heteroatoms. The summed E-state index contributed by atoms with van der Waals surface area (Å²) in [5.41, 5.74) is 7.49. The van der Waals surface area contributed by atoms with Gasteiger partial charge in [0.15, 0.2) is 5.78 Å². The lowest BCUT2D eigenvalue weighted by molar-refractivity contribution is -0.120. The average molecular weight is 513 g/mol. The van der Waals surface area contributed by atoms with E-state index in [0.29, 0.717) is 23.5 Å². The van der Waals surface area contributed by atoms with Crippen LogP contribution >= 0.6 is 0 Å². The van der Waals surface area contributed by atoms with Gasteiger partial charge in [-0.25, -0.2) is 4.98 Å². The zero-order valence-electron chi connectivity index (χ0n) is 22.6. The fourth-order valence-electron chi connectivity index (χ4n) is 4.24. The van der Waals surface area contributed by atoms with Crippen LogP contribution in [0.2, 0.25) is 0 Å². The molecule has 7 nitrogen and oxygen atoms in total. The van der Waals surface area contributed by atoms with Crippen LogP contribution in [0, 0.1) is 5.41 Å². The molecule has 0 bridgehead atoms. The fourth-order valence-corrected chi connectivity index (χ4v) is 4.24. The molecule has 1 aliphatic rings. The minimum Gasteiger partial charge on any atom is -0.367 e. The number of hydrogen-bond donors (Lipinski definition) is 3. The third-order valence-corrected chi connectivity index (χ3v) is 5.90. The number of ketones is 1. The highest BCUT2D eigenvalue weighted by atomic mass is 16.5. The van der Waals surface area contributed by atoms with E-state index in [1.807, 2.05) is 50.3 Å². The molecule has 0 spiro atoms. The van der Waals surface area contributed by atoms with Crippen molar-refractivity contribution in [2.24, 2.45) is 5.41 Å². The predicted molar refractivity (Wildman–Crippen MR) is 154 cm³/mol. The van der Waals surface area contributed by atoms with Gasteiger partial charge in [-0.05, 0) is 56.0 Å². The van der Waals surface area contributed by atoms with Gasteiger partial charge in [0.05, 0.1) is 23.6 Å². The van der Waals surface area contributed by atoms with Crippen molar-refractivity contribution in [1.29, 1.82) is 0 Å². The minimum atomic E-state index is -0.313. The lowest BCUT2D eigenvalue weighted by atomic mass is 9.76. The van der Waals surface area contributed by atoms with E-state index >= 15 is 0 Å². The molecule has 0 fully saturated rings. The van der Waals surface area contributed by atoms with Crippen LogP contribution in [-0.2, 0) is 16.0 Å². The molecule has 0 aromatic carbocycles. The van der Waals surface area contributed by atoms with Crippen LogP contribution in [-0.4, -0.2) is 34.9 Å². The van der Waals surface area contributed by atoms with Crippen LogP contribution in [0.15, 0.2) is 84.9 Å². The topological polar surface area (TPSA) is 96.1 Å². The van der Waals surface area contributed by atoms with Crippen LogP contribution in [0.25, 0.3) is 11.3 Å². The molecule has 0 saturated carbocycles. The van der Waals surface area contributed by atoms with Gasteiger partial charge in [0, 0.05) is 29.6 Å². The molecule has 0 radical (unpaired) electrons. The highest BCUT2D eigenvalue weighted by Crippen LogP contribution is 2.42. The molecule has 2 heterocycles.